The second-order valence-corrected chi connectivity index (χ2v) is 10.1. The van der Waals surface area contributed by atoms with Crippen molar-refractivity contribution in [3.63, 3.8) is 0 Å². The number of rotatable bonds is 7. The van der Waals surface area contributed by atoms with E-state index >= 15 is 0 Å². The molecule has 21 heavy (non-hydrogen) atoms. The van der Waals surface area contributed by atoms with E-state index in [0.717, 1.165) is 43.6 Å². The lowest BCUT2D eigenvalue weighted by Crippen LogP contribution is -2.35. The van der Waals surface area contributed by atoms with E-state index in [-0.39, 0.29) is 0 Å². The van der Waals surface area contributed by atoms with Crippen LogP contribution in [0.5, 0.6) is 0 Å². The van der Waals surface area contributed by atoms with Gasteiger partial charge >= 0.3 is 0 Å². The molecule has 1 aliphatic heterocycles. The molecule has 0 amide bonds. The Labute approximate surface area is 130 Å². The molecule has 122 valence electrons. The molecule has 2 saturated carbocycles. The van der Waals surface area contributed by atoms with Gasteiger partial charge in [-0.25, -0.2) is 8.42 Å². The predicted molar refractivity (Wildman–Crippen MR) is 87.0 cm³/mol. The zero-order valence-corrected chi connectivity index (χ0v) is 14.2. The van der Waals surface area contributed by atoms with Gasteiger partial charge < -0.3 is 5.32 Å². The second kappa shape index (κ2) is 6.57. The van der Waals surface area contributed by atoms with Crippen molar-refractivity contribution in [3.8, 4) is 0 Å². The minimum atomic E-state index is -2.72. The van der Waals surface area contributed by atoms with Gasteiger partial charge in [-0.15, -0.1) is 0 Å². The van der Waals surface area contributed by atoms with Gasteiger partial charge in [0, 0.05) is 6.04 Å². The molecule has 0 aromatic heterocycles. The molecule has 1 heterocycles. The van der Waals surface area contributed by atoms with Crippen LogP contribution in [0.25, 0.3) is 0 Å². The van der Waals surface area contributed by atoms with Gasteiger partial charge in [-0.3, -0.25) is 0 Å². The van der Waals surface area contributed by atoms with E-state index in [0.29, 0.717) is 23.5 Å². The molecule has 1 saturated heterocycles. The van der Waals surface area contributed by atoms with Crippen molar-refractivity contribution < 1.29 is 8.42 Å². The molecule has 3 aliphatic rings. The third-order valence-electron chi connectivity index (χ3n) is 6.10. The summed E-state index contributed by atoms with van der Waals surface area (Å²) in [5, 5.41) is 3.72. The Morgan fingerprint density at radius 1 is 1.14 bits per heavy atom. The molecule has 1 N–H and O–H groups in total. The highest BCUT2D eigenvalue weighted by Gasteiger charge is 2.40. The first-order valence-corrected chi connectivity index (χ1v) is 10.8. The van der Waals surface area contributed by atoms with Crippen LogP contribution < -0.4 is 5.32 Å². The van der Waals surface area contributed by atoms with Crippen LogP contribution in [0.3, 0.4) is 0 Å². The quantitative estimate of drug-likeness (QED) is 0.786. The third-order valence-corrected chi connectivity index (χ3v) is 7.94. The molecule has 3 fully saturated rings. The van der Waals surface area contributed by atoms with Gasteiger partial charge in [0.2, 0.25) is 0 Å². The van der Waals surface area contributed by atoms with Gasteiger partial charge in [-0.05, 0) is 75.2 Å². The summed E-state index contributed by atoms with van der Waals surface area (Å²) in [6, 6.07) is 0.549. The first kappa shape index (κ1) is 15.8. The lowest BCUT2D eigenvalue weighted by atomic mass is 9.82. The van der Waals surface area contributed by atoms with Crippen LogP contribution >= 0.6 is 0 Å². The number of fused-ring (bicyclic) bond motifs is 2. The highest BCUT2D eigenvalue weighted by molar-refractivity contribution is 7.91. The number of nitrogens with one attached hydrogen (secondary N) is 1. The molecule has 3 nitrogen and oxygen atoms in total. The zero-order valence-electron chi connectivity index (χ0n) is 13.4. The number of hydrogen-bond acceptors (Lipinski definition) is 3. The number of sulfone groups is 1. The molecular formula is C17H31NO2S. The van der Waals surface area contributed by atoms with E-state index < -0.39 is 9.84 Å². The fourth-order valence-corrected chi connectivity index (χ4v) is 6.98. The molecule has 3 rings (SSSR count). The molecule has 0 spiro atoms. The largest absolute Gasteiger partial charge is 0.314 e. The smallest absolute Gasteiger partial charge is 0.150 e. The second-order valence-electron chi connectivity index (χ2n) is 7.83. The molecular weight excluding hydrogens is 282 g/mol. The van der Waals surface area contributed by atoms with E-state index in [1.165, 1.54) is 32.1 Å². The lowest BCUT2D eigenvalue weighted by Gasteiger charge is -2.29. The van der Waals surface area contributed by atoms with Crippen molar-refractivity contribution >= 4 is 9.84 Å². The highest BCUT2D eigenvalue weighted by Crippen LogP contribution is 2.50. The fraction of sp³-hybridized carbons (Fsp3) is 1.00. The first-order chi connectivity index (χ1) is 10.1. The Morgan fingerprint density at radius 2 is 2.00 bits per heavy atom. The molecule has 0 radical (unpaired) electrons. The standard InChI is InChI=1S/C17H31NO2S/c1-2-6-18-17(10-14-5-7-21(19,20)12-14)11-16-9-13-3-4-15(16)8-13/h13-18H,2-12H2,1H3. The Kier molecular flexibility index (Phi) is 4.94. The van der Waals surface area contributed by atoms with Crippen LogP contribution in [0.1, 0.15) is 58.3 Å². The van der Waals surface area contributed by atoms with Crippen LogP contribution in [0.4, 0.5) is 0 Å². The maximum absolute atomic E-state index is 11.7. The highest BCUT2D eigenvalue weighted by atomic mass is 32.2. The van der Waals surface area contributed by atoms with Crippen molar-refractivity contribution in [2.24, 2.45) is 23.7 Å². The van der Waals surface area contributed by atoms with Gasteiger partial charge in [0.25, 0.3) is 0 Å². The first-order valence-electron chi connectivity index (χ1n) is 8.99. The van der Waals surface area contributed by atoms with Crippen molar-refractivity contribution in [3.05, 3.63) is 0 Å². The average Bonchev–Trinajstić information content (AvgIpc) is 3.11. The van der Waals surface area contributed by atoms with Gasteiger partial charge in [0.1, 0.15) is 0 Å². The summed E-state index contributed by atoms with van der Waals surface area (Å²) >= 11 is 0. The number of hydrogen-bond donors (Lipinski definition) is 1. The molecule has 0 aromatic rings. The van der Waals surface area contributed by atoms with Crippen molar-refractivity contribution in [1.29, 1.82) is 0 Å². The van der Waals surface area contributed by atoms with Gasteiger partial charge in [-0.1, -0.05) is 13.3 Å². The molecule has 4 heteroatoms. The van der Waals surface area contributed by atoms with Crippen LogP contribution in [0, 0.1) is 23.7 Å². The Morgan fingerprint density at radius 3 is 2.57 bits per heavy atom. The van der Waals surface area contributed by atoms with Gasteiger partial charge in [0.05, 0.1) is 11.5 Å². The Bertz CT molecular complexity index is 448. The summed E-state index contributed by atoms with van der Waals surface area (Å²) in [5.41, 5.74) is 0. The molecule has 0 aromatic carbocycles. The van der Waals surface area contributed by atoms with E-state index in [1.807, 2.05) is 0 Å². The van der Waals surface area contributed by atoms with Crippen LogP contribution in [0.2, 0.25) is 0 Å². The van der Waals surface area contributed by atoms with Gasteiger partial charge in [-0.2, -0.15) is 0 Å². The predicted octanol–water partition coefficient (Wildman–Crippen LogP) is 3.01. The van der Waals surface area contributed by atoms with E-state index in [2.05, 4.69) is 12.2 Å². The summed E-state index contributed by atoms with van der Waals surface area (Å²) in [5.74, 6) is 4.17. The van der Waals surface area contributed by atoms with E-state index in [1.54, 1.807) is 0 Å². The summed E-state index contributed by atoms with van der Waals surface area (Å²) in [4.78, 5) is 0. The Hall–Kier alpha value is -0.0900. The zero-order chi connectivity index (χ0) is 14.9. The van der Waals surface area contributed by atoms with E-state index in [4.69, 9.17) is 0 Å². The lowest BCUT2D eigenvalue weighted by molar-refractivity contribution is 0.259. The topological polar surface area (TPSA) is 46.2 Å². The average molecular weight is 314 g/mol. The normalized spacial score (nSPS) is 38.9. The van der Waals surface area contributed by atoms with Crippen molar-refractivity contribution in [1.82, 2.24) is 5.32 Å². The third kappa shape index (κ3) is 4.01. The van der Waals surface area contributed by atoms with Crippen LogP contribution in [0.15, 0.2) is 0 Å². The molecule has 5 unspecified atom stereocenters. The van der Waals surface area contributed by atoms with Crippen LogP contribution in [-0.2, 0) is 9.84 Å². The molecule has 2 bridgehead atoms. The van der Waals surface area contributed by atoms with E-state index in [9.17, 15) is 8.42 Å². The summed E-state index contributed by atoms with van der Waals surface area (Å²) < 4.78 is 23.3. The summed E-state index contributed by atoms with van der Waals surface area (Å²) in [6.07, 6.45) is 10.3. The minimum absolute atomic E-state index is 0.406. The SMILES string of the molecule is CCCNC(CC1CCS(=O)(=O)C1)CC1CC2CCC1C2. The summed E-state index contributed by atoms with van der Waals surface area (Å²) in [6.45, 7) is 3.28. The minimum Gasteiger partial charge on any atom is -0.314 e. The van der Waals surface area contributed by atoms with Crippen molar-refractivity contribution in [2.45, 2.75) is 64.3 Å². The fourth-order valence-electron chi connectivity index (χ4n) is 5.10. The maximum Gasteiger partial charge on any atom is 0.150 e. The Balaban J connectivity index is 1.53. The molecule has 2 aliphatic carbocycles. The van der Waals surface area contributed by atoms with Crippen LogP contribution in [-0.4, -0.2) is 32.5 Å². The molecule has 5 atom stereocenters. The summed E-state index contributed by atoms with van der Waals surface area (Å²) in [7, 11) is -2.72. The monoisotopic (exact) mass is 313 g/mol. The van der Waals surface area contributed by atoms with Gasteiger partial charge in [0.15, 0.2) is 9.84 Å². The maximum atomic E-state index is 11.7. The van der Waals surface area contributed by atoms with Crippen molar-refractivity contribution in [2.75, 3.05) is 18.1 Å².